The third-order valence-electron chi connectivity index (χ3n) is 6.63. The molecule has 0 saturated carbocycles. The van der Waals surface area contributed by atoms with Crippen LogP contribution in [0.4, 0.5) is 17.1 Å². The van der Waals surface area contributed by atoms with E-state index in [-0.39, 0.29) is 5.91 Å². The first kappa shape index (κ1) is 18.3. The van der Waals surface area contributed by atoms with Gasteiger partial charge in [-0.3, -0.25) is 9.69 Å². The Labute approximate surface area is 172 Å². The third-order valence-corrected chi connectivity index (χ3v) is 6.63. The number of methoxy groups -OCH3 is 1. The number of nitrogens with one attached hydrogen (secondary N) is 1. The van der Waals surface area contributed by atoms with Crippen molar-refractivity contribution in [2.45, 2.75) is 18.4 Å². The van der Waals surface area contributed by atoms with Crippen molar-refractivity contribution in [1.82, 2.24) is 4.90 Å². The molecule has 2 aromatic carbocycles. The second kappa shape index (κ2) is 7.26. The van der Waals surface area contributed by atoms with Gasteiger partial charge in [0.15, 0.2) is 0 Å². The molecule has 2 atom stereocenters. The molecule has 0 aliphatic carbocycles. The van der Waals surface area contributed by atoms with E-state index in [4.69, 9.17) is 4.74 Å². The Bertz CT molecular complexity index is 931. The van der Waals surface area contributed by atoms with E-state index in [2.05, 4.69) is 45.3 Å². The number of amides is 1. The smallest absolute Gasteiger partial charge is 0.238 e. The lowest BCUT2D eigenvalue weighted by Gasteiger charge is -2.41. The highest BCUT2D eigenvalue weighted by Gasteiger charge is 2.44. The second-order valence-electron chi connectivity index (χ2n) is 8.28. The predicted octanol–water partition coefficient (Wildman–Crippen LogP) is 2.76. The van der Waals surface area contributed by atoms with Crippen LogP contribution in [-0.2, 0) is 4.79 Å². The first-order chi connectivity index (χ1) is 14.2. The van der Waals surface area contributed by atoms with Gasteiger partial charge < -0.3 is 19.9 Å². The van der Waals surface area contributed by atoms with Crippen molar-refractivity contribution >= 4 is 23.0 Å². The van der Waals surface area contributed by atoms with Gasteiger partial charge in [-0.15, -0.1) is 0 Å². The predicted molar refractivity (Wildman–Crippen MR) is 116 cm³/mol. The van der Waals surface area contributed by atoms with Crippen LogP contribution in [0.1, 0.15) is 17.9 Å². The summed E-state index contributed by atoms with van der Waals surface area (Å²) in [7, 11) is 3.81. The summed E-state index contributed by atoms with van der Waals surface area (Å²) < 4.78 is 5.34. The quantitative estimate of drug-likeness (QED) is 0.867. The molecule has 29 heavy (non-hydrogen) atoms. The van der Waals surface area contributed by atoms with Crippen LogP contribution in [0, 0.1) is 0 Å². The molecule has 1 saturated heterocycles. The number of benzene rings is 2. The van der Waals surface area contributed by atoms with Gasteiger partial charge in [-0.2, -0.15) is 0 Å². The molecule has 0 aromatic heterocycles. The van der Waals surface area contributed by atoms with Gasteiger partial charge in [-0.05, 0) is 30.2 Å². The van der Waals surface area contributed by atoms with Gasteiger partial charge in [0.2, 0.25) is 5.91 Å². The lowest BCUT2D eigenvalue weighted by Crippen LogP contribution is -2.50. The number of para-hydroxylation sites is 3. The number of hydrogen-bond donors (Lipinski definition) is 1. The van der Waals surface area contributed by atoms with E-state index in [1.165, 1.54) is 16.9 Å². The Morgan fingerprint density at radius 2 is 2.00 bits per heavy atom. The molecule has 0 unspecified atom stereocenters. The van der Waals surface area contributed by atoms with Gasteiger partial charge in [-0.1, -0.05) is 24.3 Å². The molecule has 0 spiro atoms. The van der Waals surface area contributed by atoms with Crippen molar-refractivity contribution in [3.63, 3.8) is 0 Å². The molecule has 3 aliphatic rings. The van der Waals surface area contributed by atoms with Gasteiger partial charge in [0, 0.05) is 45.2 Å². The number of likely N-dealkylation sites (tertiary alicyclic amines) is 1. The molecular weight excluding hydrogens is 364 g/mol. The molecule has 6 nitrogen and oxygen atoms in total. The topological polar surface area (TPSA) is 48.1 Å². The van der Waals surface area contributed by atoms with Crippen LogP contribution in [0.3, 0.4) is 0 Å². The van der Waals surface area contributed by atoms with Crippen LogP contribution in [-0.4, -0.2) is 63.7 Å². The van der Waals surface area contributed by atoms with Crippen LogP contribution >= 0.6 is 0 Å². The van der Waals surface area contributed by atoms with Crippen LogP contribution in [0.25, 0.3) is 0 Å². The average molecular weight is 393 g/mol. The molecule has 152 valence electrons. The molecule has 1 N–H and O–H groups in total. The number of carbonyl (C=O) groups excluding carboxylic acids is 1. The lowest BCUT2D eigenvalue weighted by molar-refractivity contribution is -0.117. The number of carbonyl (C=O) groups is 1. The summed E-state index contributed by atoms with van der Waals surface area (Å²) in [6.45, 7) is 4.47. The minimum atomic E-state index is 0.0147. The second-order valence-corrected chi connectivity index (χ2v) is 8.28. The zero-order chi connectivity index (χ0) is 20.0. The van der Waals surface area contributed by atoms with E-state index < -0.39 is 0 Å². The summed E-state index contributed by atoms with van der Waals surface area (Å²) in [6.07, 6.45) is 1.10. The molecule has 0 radical (unpaired) electrons. The summed E-state index contributed by atoms with van der Waals surface area (Å²) >= 11 is 0. The molecular formula is C23H28N4O2. The minimum Gasteiger partial charge on any atom is -0.495 e. The largest absolute Gasteiger partial charge is 0.495 e. The fourth-order valence-electron chi connectivity index (χ4n) is 5.26. The lowest BCUT2D eigenvalue weighted by atomic mass is 9.89. The van der Waals surface area contributed by atoms with Crippen LogP contribution in [0.2, 0.25) is 0 Å². The summed E-state index contributed by atoms with van der Waals surface area (Å²) in [5.74, 6) is 1.18. The maximum atomic E-state index is 12.7. The van der Waals surface area contributed by atoms with Crippen molar-refractivity contribution in [2.75, 3.05) is 62.0 Å². The maximum Gasteiger partial charge on any atom is 0.238 e. The molecule has 5 rings (SSSR count). The highest BCUT2D eigenvalue weighted by molar-refractivity contribution is 5.93. The molecule has 1 fully saturated rings. The highest BCUT2D eigenvalue weighted by atomic mass is 16.5. The molecule has 3 aliphatic heterocycles. The Hall–Kier alpha value is -2.73. The van der Waals surface area contributed by atoms with Gasteiger partial charge in [0.1, 0.15) is 5.75 Å². The number of fused-ring (bicyclic) bond motifs is 3. The molecule has 2 aromatic rings. The van der Waals surface area contributed by atoms with Crippen molar-refractivity contribution in [2.24, 2.45) is 0 Å². The number of likely N-dealkylation sites (N-methyl/N-ethyl adjacent to an activating group) is 1. The number of rotatable bonds is 4. The molecule has 3 heterocycles. The fourth-order valence-corrected chi connectivity index (χ4v) is 5.26. The van der Waals surface area contributed by atoms with Crippen molar-refractivity contribution in [3.05, 3.63) is 48.0 Å². The monoisotopic (exact) mass is 392 g/mol. The first-order valence-corrected chi connectivity index (χ1v) is 10.4. The minimum absolute atomic E-state index is 0.0147. The van der Waals surface area contributed by atoms with Crippen LogP contribution < -0.4 is 19.9 Å². The molecule has 1 amide bonds. The Morgan fingerprint density at radius 3 is 2.86 bits per heavy atom. The van der Waals surface area contributed by atoms with E-state index in [1.54, 1.807) is 7.11 Å². The van der Waals surface area contributed by atoms with E-state index in [9.17, 15) is 4.79 Å². The van der Waals surface area contributed by atoms with Crippen molar-refractivity contribution in [3.8, 4) is 5.75 Å². The van der Waals surface area contributed by atoms with E-state index in [1.807, 2.05) is 24.3 Å². The summed E-state index contributed by atoms with van der Waals surface area (Å²) in [4.78, 5) is 20.0. The SMILES string of the molecule is COc1ccccc1NC(=O)CN1CC[C@H]2[C@@H](C1)c1cccc3c1N2CCN3C. The Balaban J connectivity index is 1.30. The van der Waals surface area contributed by atoms with E-state index in [0.717, 1.165) is 38.3 Å². The van der Waals surface area contributed by atoms with Gasteiger partial charge in [-0.25, -0.2) is 0 Å². The third kappa shape index (κ3) is 3.12. The number of hydrogen-bond acceptors (Lipinski definition) is 5. The average Bonchev–Trinajstić information content (AvgIpc) is 3.05. The summed E-state index contributed by atoms with van der Waals surface area (Å²) in [5.41, 5.74) is 4.96. The van der Waals surface area contributed by atoms with Crippen molar-refractivity contribution < 1.29 is 9.53 Å². The van der Waals surface area contributed by atoms with Crippen molar-refractivity contribution in [1.29, 1.82) is 0 Å². The van der Waals surface area contributed by atoms with E-state index >= 15 is 0 Å². The summed E-state index contributed by atoms with van der Waals surface area (Å²) in [5, 5.41) is 3.01. The zero-order valence-corrected chi connectivity index (χ0v) is 17.1. The number of piperidine rings is 1. The van der Waals surface area contributed by atoms with Gasteiger partial charge in [0.05, 0.1) is 30.7 Å². The summed E-state index contributed by atoms with van der Waals surface area (Å²) in [6, 6.07) is 14.8. The van der Waals surface area contributed by atoms with Gasteiger partial charge in [0.25, 0.3) is 0 Å². The number of anilines is 3. The van der Waals surface area contributed by atoms with Crippen LogP contribution in [0.5, 0.6) is 5.75 Å². The number of nitrogens with zero attached hydrogens (tertiary/aromatic N) is 3. The van der Waals surface area contributed by atoms with E-state index in [0.29, 0.717) is 24.3 Å². The Kier molecular flexibility index (Phi) is 4.59. The van der Waals surface area contributed by atoms with Gasteiger partial charge >= 0.3 is 0 Å². The first-order valence-electron chi connectivity index (χ1n) is 10.4. The van der Waals surface area contributed by atoms with Crippen LogP contribution in [0.15, 0.2) is 42.5 Å². The molecule has 6 heteroatoms. The fraction of sp³-hybridized carbons (Fsp3) is 0.435. The Morgan fingerprint density at radius 1 is 1.14 bits per heavy atom. The maximum absolute atomic E-state index is 12.7. The number of ether oxygens (including phenoxy) is 1. The highest BCUT2D eigenvalue weighted by Crippen LogP contribution is 2.50. The zero-order valence-electron chi connectivity index (χ0n) is 17.1. The standard InChI is InChI=1S/C23H28N4O2/c1-25-12-13-27-19-10-11-26(14-17(19)16-6-5-8-20(25)23(16)27)15-22(28)24-18-7-3-4-9-21(18)29-2/h3-9,17,19H,10-15H2,1-2H3,(H,24,28)/t17-,19-/m0/s1. The normalized spacial score (nSPS) is 22.8. The molecule has 0 bridgehead atoms.